The number of hydrogen-bond donors (Lipinski definition) is 1. The molecule has 0 saturated heterocycles. The number of carbonyl (C=O) groups is 1. The van der Waals surface area contributed by atoms with Gasteiger partial charge in [0.25, 0.3) is 5.91 Å². The van der Waals surface area contributed by atoms with Crippen LogP contribution in [0.4, 0.5) is 5.69 Å². The van der Waals surface area contributed by atoms with Crippen LogP contribution in [0.3, 0.4) is 0 Å². The molecule has 3 rings (SSSR count). The summed E-state index contributed by atoms with van der Waals surface area (Å²) in [6.45, 7) is 0.497. The van der Waals surface area contributed by atoms with E-state index >= 15 is 0 Å². The van der Waals surface area contributed by atoms with Crippen LogP contribution in [0.1, 0.15) is 15.9 Å². The van der Waals surface area contributed by atoms with Gasteiger partial charge < -0.3 is 14.8 Å². The topological polar surface area (TPSA) is 47.6 Å². The highest BCUT2D eigenvalue weighted by molar-refractivity contribution is 6.32. The Morgan fingerprint density at radius 1 is 1.00 bits per heavy atom. The van der Waals surface area contributed by atoms with Crippen LogP contribution < -0.4 is 14.8 Å². The van der Waals surface area contributed by atoms with Gasteiger partial charge in [-0.3, -0.25) is 4.79 Å². The maximum absolute atomic E-state index is 12.3. The smallest absolute Gasteiger partial charge is 0.255 e. The summed E-state index contributed by atoms with van der Waals surface area (Å²) < 4.78 is 10.8. The number of amides is 1. The number of methoxy groups -OCH3 is 1. The van der Waals surface area contributed by atoms with Crippen molar-refractivity contribution in [2.45, 2.75) is 6.61 Å². The quantitative estimate of drug-likeness (QED) is 0.653. The fraction of sp³-hybridized carbons (Fsp3) is 0.0952. The minimum absolute atomic E-state index is 0.243. The first-order chi connectivity index (χ1) is 12.7. The summed E-state index contributed by atoms with van der Waals surface area (Å²) in [6, 6.07) is 22.1. The third-order valence-electron chi connectivity index (χ3n) is 3.77. The summed E-state index contributed by atoms with van der Waals surface area (Å²) in [7, 11) is 1.53. The number of hydrogen-bond acceptors (Lipinski definition) is 3. The highest BCUT2D eigenvalue weighted by Gasteiger charge is 2.09. The van der Waals surface area contributed by atoms with Crippen LogP contribution in [0.2, 0.25) is 5.02 Å². The maximum Gasteiger partial charge on any atom is 0.255 e. The summed E-state index contributed by atoms with van der Waals surface area (Å²) in [4.78, 5) is 12.3. The lowest BCUT2D eigenvalue weighted by atomic mass is 10.2. The molecule has 0 aliphatic carbocycles. The van der Waals surface area contributed by atoms with E-state index in [0.29, 0.717) is 28.6 Å². The molecule has 4 nitrogen and oxygen atoms in total. The van der Waals surface area contributed by atoms with E-state index in [9.17, 15) is 4.79 Å². The lowest BCUT2D eigenvalue weighted by molar-refractivity contribution is 0.102. The van der Waals surface area contributed by atoms with E-state index in [1.807, 2.05) is 42.5 Å². The lowest BCUT2D eigenvalue weighted by Gasteiger charge is -2.09. The molecular formula is C21H18ClNO3. The average molecular weight is 368 g/mol. The van der Waals surface area contributed by atoms with Crippen LogP contribution in [-0.4, -0.2) is 13.0 Å². The van der Waals surface area contributed by atoms with Crippen LogP contribution in [0.15, 0.2) is 72.8 Å². The Bertz CT molecular complexity index is 880. The minimum Gasteiger partial charge on any atom is -0.495 e. The maximum atomic E-state index is 12.3. The molecule has 0 saturated carbocycles. The van der Waals surface area contributed by atoms with Crippen molar-refractivity contribution < 1.29 is 14.3 Å². The molecule has 1 amide bonds. The van der Waals surface area contributed by atoms with Gasteiger partial charge in [-0.15, -0.1) is 0 Å². The van der Waals surface area contributed by atoms with Gasteiger partial charge in [-0.25, -0.2) is 0 Å². The molecule has 0 fully saturated rings. The van der Waals surface area contributed by atoms with Crippen LogP contribution in [0.5, 0.6) is 11.5 Å². The van der Waals surface area contributed by atoms with Gasteiger partial charge in [0.15, 0.2) is 0 Å². The molecule has 0 radical (unpaired) electrons. The van der Waals surface area contributed by atoms with E-state index in [-0.39, 0.29) is 5.91 Å². The highest BCUT2D eigenvalue weighted by Crippen LogP contribution is 2.25. The summed E-state index contributed by atoms with van der Waals surface area (Å²) in [6.07, 6.45) is 0. The summed E-state index contributed by atoms with van der Waals surface area (Å²) in [5.74, 6) is 1.02. The Balaban J connectivity index is 1.60. The van der Waals surface area contributed by atoms with Gasteiger partial charge in [-0.2, -0.15) is 0 Å². The second kappa shape index (κ2) is 8.41. The predicted octanol–water partition coefficient (Wildman–Crippen LogP) is 5.18. The van der Waals surface area contributed by atoms with Gasteiger partial charge in [0.1, 0.15) is 18.1 Å². The molecular weight excluding hydrogens is 350 g/mol. The van der Waals surface area contributed by atoms with Gasteiger partial charge in [0.05, 0.1) is 12.1 Å². The third kappa shape index (κ3) is 4.55. The molecule has 132 valence electrons. The van der Waals surface area contributed by atoms with E-state index in [1.54, 1.807) is 30.3 Å². The molecule has 5 heteroatoms. The van der Waals surface area contributed by atoms with Crippen molar-refractivity contribution in [2.24, 2.45) is 0 Å². The van der Waals surface area contributed by atoms with Crippen molar-refractivity contribution in [1.82, 2.24) is 0 Å². The zero-order valence-electron chi connectivity index (χ0n) is 14.2. The second-order valence-corrected chi connectivity index (χ2v) is 6.01. The molecule has 3 aromatic rings. The van der Waals surface area contributed by atoms with Gasteiger partial charge >= 0.3 is 0 Å². The number of ether oxygens (including phenoxy) is 2. The monoisotopic (exact) mass is 367 g/mol. The first kappa shape index (κ1) is 17.8. The normalized spacial score (nSPS) is 10.2. The summed E-state index contributed by atoms with van der Waals surface area (Å²) in [5, 5.41) is 3.22. The first-order valence-corrected chi connectivity index (χ1v) is 8.45. The molecule has 0 heterocycles. The highest BCUT2D eigenvalue weighted by atomic mass is 35.5. The summed E-state index contributed by atoms with van der Waals surface area (Å²) >= 11 is 6.06. The van der Waals surface area contributed by atoms with E-state index in [1.165, 1.54) is 7.11 Å². The first-order valence-electron chi connectivity index (χ1n) is 8.07. The number of rotatable bonds is 6. The molecule has 0 unspecified atom stereocenters. The largest absolute Gasteiger partial charge is 0.495 e. The predicted molar refractivity (Wildman–Crippen MR) is 103 cm³/mol. The van der Waals surface area contributed by atoms with Crippen molar-refractivity contribution in [3.63, 3.8) is 0 Å². The lowest BCUT2D eigenvalue weighted by Crippen LogP contribution is -2.11. The van der Waals surface area contributed by atoms with Gasteiger partial charge in [-0.1, -0.05) is 41.9 Å². The number of carbonyl (C=O) groups excluding carboxylic acids is 1. The Morgan fingerprint density at radius 2 is 1.73 bits per heavy atom. The molecule has 1 N–H and O–H groups in total. The van der Waals surface area contributed by atoms with Crippen LogP contribution >= 0.6 is 11.6 Å². The SMILES string of the molecule is COc1ccc(C(=O)Nc2ccc(OCc3ccccc3)cc2)cc1Cl. The Morgan fingerprint density at radius 3 is 2.38 bits per heavy atom. The molecule has 3 aromatic carbocycles. The number of nitrogens with one attached hydrogen (secondary N) is 1. The Hall–Kier alpha value is -2.98. The molecule has 0 atom stereocenters. The number of benzene rings is 3. The van der Waals surface area contributed by atoms with Gasteiger partial charge in [-0.05, 0) is 48.0 Å². The molecule has 0 aliphatic heterocycles. The van der Waals surface area contributed by atoms with Crippen molar-refractivity contribution in [1.29, 1.82) is 0 Å². The van der Waals surface area contributed by atoms with Gasteiger partial charge in [0.2, 0.25) is 0 Å². The fourth-order valence-electron chi connectivity index (χ4n) is 2.39. The Labute approximate surface area is 157 Å². The van der Waals surface area contributed by atoms with Crippen LogP contribution in [0.25, 0.3) is 0 Å². The molecule has 26 heavy (non-hydrogen) atoms. The number of anilines is 1. The van der Waals surface area contributed by atoms with Crippen LogP contribution in [-0.2, 0) is 6.61 Å². The van der Waals surface area contributed by atoms with Gasteiger partial charge in [0, 0.05) is 11.3 Å². The third-order valence-corrected chi connectivity index (χ3v) is 4.07. The van der Waals surface area contributed by atoms with E-state index in [4.69, 9.17) is 21.1 Å². The molecule has 0 bridgehead atoms. The summed E-state index contributed by atoms with van der Waals surface area (Å²) in [5.41, 5.74) is 2.23. The fourth-order valence-corrected chi connectivity index (χ4v) is 2.64. The second-order valence-electron chi connectivity index (χ2n) is 5.60. The molecule has 0 aromatic heterocycles. The van der Waals surface area contributed by atoms with E-state index in [0.717, 1.165) is 11.3 Å². The standard InChI is InChI=1S/C21H18ClNO3/c1-25-20-12-7-16(13-19(20)22)21(24)23-17-8-10-18(11-9-17)26-14-15-5-3-2-4-6-15/h2-13H,14H2,1H3,(H,23,24). The van der Waals surface area contributed by atoms with Crippen molar-refractivity contribution in [2.75, 3.05) is 12.4 Å². The van der Waals surface area contributed by atoms with Crippen LogP contribution in [0, 0.1) is 0 Å². The van der Waals surface area contributed by atoms with Crippen molar-refractivity contribution in [3.05, 3.63) is 88.9 Å². The zero-order valence-corrected chi connectivity index (χ0v) is 15.0. The van der Waals surface area contributed by atoms with E-state index < -0.39 is 0 Å². The molecule has 0 aliphatic rings. The zero-order chi connectivity index (χ0) is 18.4. The minimum atomic E-state index is -0.243. The Kier molecular flexibility index (Phi) is 5.77. The van der Waals surface area contributed by atoms with E-state index in [2.05, 4.69) is 5.32 Å². The molecule has 0 spiro atoms. The van der Waals surface area contributed by atoms with Crippen molar-refractivity contribution >= 4 is 23.2 Å². The number of halogens is 1. The van der Waals surface area contributed by atoms with Crippen molar-refractivity contribution in [3.8, 4) is 11.5 Å². The average Bonchev–Trinajstić information content (AvgIpc) is 2.68.